The van der Waals surface area contributed by atoms with Crippen LogP contribution in [0.15, 0.2) is 47.4 Å². The third-order valence-electron chi connectivity index (χ3n) is 5.20. The number of amides is 1. The molecular formula is C23H33N3O6S2. The smallest absolute Gasteiger partial charge is 0.244 e. The summed E-state index contributed by atoms with van der Waals surface area (Å²) in [6.45, 7) is 5.71. The molecule has 0 aliphatic heterocycles. The highest BCUT2D eigenvalue weighted by Gasteiger charge is 2.32. The highest BCUT2D eigenvalue weighted by molar-refractivity contribution is 7.92. The molecule has 0 aliphatic carbocycles. The first kappa shape index (κ1) is 27.6. The van der Waals surface area contributed by atoms with Gasteiger partial charge < -0.3 is 10.1 Å². The number of hydrogen-bond acceptors (Lipinski definition) is 6. The van der Waals surface area contributed by atoms with Crippen LogP contribution in [0.4, 0.5) is 5.69 Å². The number of aryl methyl sites for hydroxylation is 2. The van der Waals surface area contributed by atoms with Gasteiger partial charge in [-0.2, -0.15) is 0 Å². The molecule has 0 fully saturated rings. The number of carbonyl (C=O) groups is 1. The predicted molar refractivity (Wildman–Crippen MR) is 133 cm³/mol. The minimum absolute atomic E-state index is 0.129. The molecule has 0 radical (unpaired) electrons. The van der Waals surface area contributed by atoms with Crippen molar-refractivity contribution in [1.82, 2.24) is 9.62 Å². The second kappa shape index (κ2) is 11.2. The third kappa shape index (κ3) is 6.71. The second-order valence-corrected chi connectivity index (χ2v) is 12.2. The summed E-state index contributed by atoms with van der Waals surface area (Å²) in [6, 6.07) is 10.5. The van der Waals surface area contributed by atoms with E-state index in [0.717, 1.165) is 21.7 Å². The van der Waals surface area contributed by atoms with Crippen LogP contribution in [0.5, 0.6) is 5.75 Å². The summed E-state index contributed by atoms with van der Waals surface area (Å²) in [6.07, 6.45) is 1.38. The van der Waals surface area contributed by atoms with Gasteiger partial charge in [-0.1, -0.05) is 19.1 Å². The standard InChI is InChI=1S/C23H33N3O6S2/c1-7-21(26(33(6,28)29)22-16-17(2)8-9-18(22)3)23(27)24-14-15-32-19-10-12-20(13-11-19)34(30,31)25(4)5/h8-13,16,21H,7,14-15H2,1-6H3,(H,24,27)/t21-/m1/s1. The fourth-order valence-corrected chi connectivity index (χ4v) is 5.53. The first-order valence-corrected chi connectivity index (χ1v) is 14.1. The Bertz CT molecular complexity index is 1210. The Morgan fingerprint density at radius 3 is 2.18 bits per heavy atom. The van der Waals surface area contributed by atoms with Crippen LogP contribution in [0.1, 0.15) is 24.5 Å². The Hall–Kier alpha value is -2.63. The Balaban J connectivity index is 2.05. The lowest BCUT2D eigenvalue weighted by Gasteiger charge is -2.31. The Morgan fingerprint density at radius 2 is 1.65 bits per heavy atom. The molecule has 1 amide bonds. The van der Waals surface area contributed by atoms with Crippen molar-refractivity contribution in [2.45, 2.75) is 38.1 Å². The molecule has 34 heavy (non-hydrogen) atoms. The molecular weight excluding hydrogens is 478 g/mol. The molecule has 0 unspecified atom stereocenters. The second-order valence-electron chi connectivity index (χ2n) is 8.17. The van der Waals surface area contributed by atoms with Gasteiger partial charge in [0.2, 0.25) is 26.0 Å². The summed E-state index contributed by atoms with van der Waals surface area (Å²) in [7, 11) is -4.33. The van der Waals surface area contributed by atoms with Crippen LogP contribution in [-0.4, -0.2) is 66.6 Å². The molecule has 2 aromatic rings. The van der Waals surface area contributed by atoms with Crippen LogP contribution in [-0.2, 0) is 24.8 Å². The van der Waals surface area contributed by atoms with Gasteiger partial charge in [-0.3, -0.25) is 9.10 Å². The van der Waals surface area contributed by atoms with Crippen molar-refractivity contribution in [2.24, 2.45) is 0 Å². The molecule has 0 saturated carbocycles. The van der Waals surface area contributed by atoms with Gasteiger partial charge in [-0.15, -0.1) is 0 Å². The van der Waals surface area contributed by atoms with E-state index in [1.54, 1.807) is 32.0 Å². The van der Waals surface area contributed by atoms with Gasteiger partial charge in [0.05, 0.1) is 23.4 Å². The molecule has 188 valence electrons. The number of carbonyl (C=O) groups excluding carboxylic acids is 1. The SMILES string of the molecule is CC[C@H](C(=O)NCCOc1ccc(S(=O)(=O)N(C)C)cc1)N(c1cc(C)ccc1C)S(C)(=O)=O. The van der Waals surface area contributed by atoms with Gasteiger partial charge in [0, 0.05) is 14.1 Å². The van der Waals surface area contributed by atoms with E-state index in [9.17, 15) is 21.6 Å². The minimum Gasteiger partial charge on any atom is -0.492 e. The van der Waals surface area contributed by atoms with Crippen molar-refractivity contribution in [3.63, 3.8) is 0 Å². The summed E-state index contributed by atoms with van der Waals surface area (Å²) in [5.41, 5.74) is 2.13. The molecule has 2 aromatic carbocycles. The summed E-state index contributed by atoms with van der Waals surface area (Å²) < 4.78 is 57.4. The maximum atomic E-state index is 12.9. The lowest BCUT2D eigenvalue weighted by atomic mass is 10.1. The molecule has 9 nitrogen and oxygen atoms in total. The van der Waals surface area contributed by atoms with Gasteiger partial charge in [-0.25, -0.2) is 21.1 Å². The molecule has 11 heteroatoms. The van der Waals surface area contributed by atoms with E-state index < -0.39 is 32.0 Å². The fourth-order valence-electron chi connectivity index (χ4n) is 3.37. The van der Waals surface area contributed by atoms with Crippen molar-refractivity contribution in [1.29, 1.82) is 0 Å². The zero-order valence-electron chi connectivity index (χ0n) is 20.4. The van der Waals surface area contributed by atoms with Crippen molar-refractivity contribution in [2.75, 3.05) is 37.8 Å². The van der Waals surface area contributed by atoms with E-state index in [1.807, 2.05) is 19.1 Å². The predicted octanol–water partition coefficient (Wildman–Crippen LogP) is 2.29. The van der Waals surface area contributed by atoms with E-state index in [-0.39, 0.29) is 24.5 Å². The van der Waals surface area contributed by atoms with E-state index >= 15 is 0 Å². The highest BCUT2D eigenvalue weighted by Crippen LogP contribution is 2.27. The third-order valence-corrected chi connectivity index (χ3v) is 8.20. The lowest BCUT2D eigenvalue weighted by Crippen LogP contribution is -2.50. The topological polar surface area (TPSA) is 113 Å². The van der Waals surface area contributed by atoms with E-state index in [1.165, 1.54) is 30.5 Å². The first-order chi connectivity index (χ1) is 15.8. The zero-order valence-corrected chi connectivity index (χ0v) is 22.0. The Kier molecular flexibility index (Phi) is 9.09. The number of rotatable bonds is 11. The molecule has 2 rings (SSSR count). The van der Waals surface area contributed by atoms with Gasteiger partial charge >= 0.3 is 0 Å². The number of nitrogens with one attached hydrogen (secondary N) is 1. The summed E-state index contributed by atoms with van der Waals surface area (Å²) in [4.78, 5) is 13.1. The van der Waals surface area contributed by atoms with Crippen LogP contribution in [0.3, 0.4) is 0 Å². The van der Waals surface area contributed by atoms with Gasteiger partial charge in [0.15, 0.2) is 0 Å². The van der Waals surface area contributed by atoms with Crippen LogP contribution in [0, 0.1) is 13.8 Å². The first-order valence-electron chi connectivity index (χ1n) is 10.8. The fraction of sp³-hybridized carbons (Fsp3) is 0.435. The molecule has 0 aromatic heterocycles. The van der Waals surface area contributed by atoms with Crippen molar-refractivity contribution < 1.29 is 26.4 Å². The number of hydrogen-bond donors (Lipinski definition) is 1. The minimum atomic E-state index is -3.72. The number of ether oxygens (including phenoxy) is 1. The average Bonchev–Trinajstić information content (AvgIpc) is 2.76. The van der Waals surface area contributed by atoms with Gasteiger partial charge in [0.1, 0.15) is 18.4 Å². The van der Waals surface area contributed by atoms with Gasteiger partial charge in [0.25, 0.3) is 0 Å². The average molecular weight is 512 g/mol. The number of nitrogens with zero attached hydrogens (tertiary/aromatic N) is 2. The van der Waals surface area contributed by atoms with Crippen LogP contribution in [0.25, 0.3) is 0 Å². The summed E-state index contributed by atoms with van der Waals surface area (Å²) >= 11 is 0. The molecule has 1 atom stereocenters. The van der Waals surface area contributed by atoms with E-state index in [2.05, 4.69) is 5.32 Å². The Labute approximate surface area is 202 Å². The number of anilines is 1. The van der Waals surface area contributed by atoms with Crippen molar-refractivity contribution >= 4 is 31.6 Å². The largest absolute Gasteiger partial charge is 0.492 e. The van der Waals surface area contributed by atoms with Crippen LogP contribution in [0.2, 0.25) is 0 Å². The Morgan fingerprint density at radius 1 is 1.03 bits per heavy atom. The molecule has 0 aliphatic rings. The normalized spacial score (nSPS) is 12.9. The number of sulfonamides is 2. The summed E-state index contributed by atoms with van der Waals surface area (Å²) in [5, 5.41) is 2.74. The summed E-state index contributed by atoms with van der Waals surface area (Å²) in [5.74, 6) is 0.0250. The molecule has 0 heterocycles. The van der Waals surface area contributed by atoms with Crippen molar-refractivity contribution in [3.8, 4) is 5.75 Å². The zero-order chi connectivity index (χ0) is 25.7. The maximum absolute atomic E-state index is 12.9. The number of benzene rings is 2. The quantitative estimate of drug-likeness (QED) is 0.463. The van der Waals surface area contributed by atoms with E-state index in [4.69, 9.17) is 4.74 Å². The molecule has 1 N–H and O–H groups in total. The van der Waals surface area contributed by atoms with Crippen molar-refractivity contribution in [3.05, 3.63) is 53.6 Å². The van der Waals surface area contributed by atoms with Crippen LogP contribution >= 0.6 is 0 Å². The van der Waals surface area contributed by atoms with Gasteiger partial charge in [-0.05, 0) is 61.7 Å². The highest BCUT2D eigenvalue weighted by atomic mass is 32.2. The maximum Gasteiger partial charge on any atom is 0.244 e. The molecule has 0 bridgehead atoms. The molecule has 0 spiro atoms. The van der Waals surface area contributed by atoms with E-state index in [0.29, 0.717) is 11.4 Å². The van der Waals surface area contributed by atoms with Crippen LogP contribution < -0.4 is 14.4 Å². The monoisotopic (exact) mass is 511 g/mol. The molecule has 0 saturated heterocycles. The lowest BCUT2D eigenvalue weighted by molar-refractivity contribution is -0.122.